The predicted molar refractivity (Wildman–Crippen MR) is 97.7 cm³/mol. The lowest BCUT2D eigenvalue weighted by Gasteiger charge is -2.22. The molecule has 2 N–H and O–H groups in total. The summed E-state index contributed by atoms with van der Waals surface area (Å²) < 4.78 is 2.48. The van der Waals surface area contributed by atoms with Gasteiger partial charge in [0.2, 0.25) is 5.91 Å². The average Bonchev–Trinajstić information content (AvgIpc) is 2.89. The summed E-state index contributed by atoms with van der Waals surface area (Å²) in [6.45, 7) is 8.10. The molecule has 0 saturated heterocycles. The standard InChI is InChI=1S/C18H24BrN3O2/c1-11(2)17(22-10-15(19)8-21-22)18(24)20-9-16(23)14-6-12(3)5-13(4)7-14/h5-8,10-11,16-17,23H,9H2,1-4H3,(H,20,24). The number of aliphatic hydroxyl groups excluding tert-OH is 1. The van der Waals surface area contributed by atoms with E-state index in [9.17, 15) is 9.90 Å². The highest BCUT2D eigenvalue weighted by atomic mass is 79.9. The first kappa shape index (κ1) is 18.7. The normalized spacial score (nSPS) is 13.8. The van der Waals surface area contributed by atoms with Crippen molar-refractivity contribution in [1.82, 2.24) is 15.1 Å². The van der Waals surface area contributed by atoms with Gasteiger partial charge in [0.25, 0.3) is 0 Å². The average molecular weight is 394 g/mol. The SMILES string of the molecule is Cc1cc(C)cc(C(O)CNC(=O)C(C(C)C)n2cc(Br)cn2)c1. The molecule has 0 aliphatic rings. The Bertz CT molecular complexity index is 692. The second-order valence-electron chi connectivity index (χ2n) is 6.51. The Kier molecular flexibility index (Phi) is 6.18. The van der Waals surface area contributed by atoms with Crippen molar-refractivity contribution in [3.8, 4) is 0 Å². The number of rotatable bonds is 6. The highest BCUT2D eigenvalue weighted by Gasteiger charge is 2.25. The number of amides is 1. The van der Waals surface area contributed by atoms with Crippen LogP contribution < -0.4 is 5.32 Å². The molecule has 0 aliphatic carbocycles. The zero-order valence-corrected chi connectivity index (χ0v) is 16.0. The molecule has 0 bridgehead atoms. The maximum Gasteiger partial charge on any atom is 0.245 e. The number of aromatic nitrogens is 2. The van der Waals surface area contributed by atoms with Gasteiger partial charge in [0.05, 0.1) is 16.8 Å². The van der Waals surface area contributed by atoms with E-state index >= 15 is 0 Å². The van der Waals surface area contributed by atoms with E-state index < -0.39 is 12.1 Å². The van der Waals surface area contributed by atoms with E-state index in [1.165, 1.54) is 0 Å². The quantitative estimate of drug-likeness (QED) is 0.790. The van der Waals surface area contributed by atoms with Crippen LogP contribution in [0.25, 0.3) is 0 Å². The summed E-state index contributed by atoms with van der Waals surface area (Å²) in [6.07, 6.45) is 2.71. The van der Waals surface area contributed by atoms with Gasteiger partial charge in [-0.3, -0.25) is 9.48 Å². The summed E-state index contributed by atoms with van der Waals surface area (Å²) in [7, 11) is 0. The minimum atomic E-state index is -0.732. The van der Waals surface area contributed by atoms with E-state index in [4.69, 9.17) is 0 Å². The van der Waals surface area contributed by atoms with Gasteiger partial charge in [0.15, 0.2) is 0 Å². The fourth-order valence-electron chi connectivity index (χ4n) is 2.82. The van der Waals surface area contributed by atoms with E-state index in [1.807, 2.05) is 39.8 Å². The van der Waals surface area contributed by atoms with Crippen LogP contribution in [0, 0.1) is 19.8 Å². The zero-order chi connectivity index (χ0) is 17.9. The molecule has 6 heteroatoms. The van der Waals surface area contributed by atoms with Crippen molar-refractivity contribution in [2.75, 3.05) is 6.54 Å². The van der Waals surface area contributed by atoms with Crippen molar-refractivity contribution >= 4 is 21.8 Å². The second kappa shape index (κ2) is 7.94. The van der Waals surface area contributed by atoms with Gasteiger partial charge in [-0.25, -0.2) is 0 Å². The van der Waals surface area contributed by atoms with Gasteiger partial charge < -0.3 is 10.4 Å². The third-order valence-corrected chi connectivity index (χ3v) is 4.26. The lowest BCUT2D eigenvalue weighted by molar-refractivity contribution is -0.126. The van der Waals surface area contributed by atoms with Crippen LogP contribution in [-0.4, -0.2) is 27.3 Å². The van der Waals surface area contributed by atoms with Gasteiger partial charge in [-0.1, -0.05) is 43.2 Å². The Morgan fingerprint density at radius 3 is 2.42 bits per heavy atom. The number of carbonyl (C=O) groups is 1. The maximum absolute atomic E-state index is 12.6. The first-order valence-corrected chi connectivity index (χ1v) is 8.81. The van der Waals surface area contributed by atoms with Crippen molar-refractivity contribution in [3.05, 3.63) is 51.8 Å². The van der Waals surface area contributed by atoms with Crippen LogP contribution in [0.5, 0.6) is 0 Å². The summed E-state index contributed by atoms with van der Waals surface area (Å²) in [5, 5.41) is 17.4. The van der Waals surface area contributed by atoms with Gasteiger partial charge in [-0.2, -0.15) is 5.10 Å². The van der Waals surface area contributed by atoms with Crippen LogP contribution in [0.3, 0.4) is 0 Å². The number of aliphatic hydroxyl groups is 1. The summed E-state index contributed by atoms with van der Waals surface area (Å²) in [6, 6.07) is 5.52. The molecule has 1 aromatic carbocycles. The summed E-state index contributed by atoms with van der Waals surface area (Å²) in [4.78, 5) is 12.6. The molecule has 1 aromatic heterocycles. The number of benzene rings is 1. The third-order valence-electron chi connectivity index (χ3n) is 3.85. The molecule has 0 fully saturated rings. The van der Waals surface area contributed by atoms with Crippen LogP contribution >= 0.6 is 15.9 Å². The second-order valence-corrected chi connectivity index (χ2v) is 7.43. The predicted octanol–water partition coefficient (Wildman–Crippen LogP) is 3.31. The van der Waals surface area contributed by atoms with Crippen molar-refractivity contribution in [1.29, 1.82) is 0 Å². The molecule has 24 heavy (non-hydrogen) atoms. The molecule has 0 spiro atoms. The highest BCUT2D eigenvalue weighted by molar-refractivity contribution is 9.10. The lowest BCUT2D eigenvalue weighted by Crippen LogP contribution is -2.37. The Labute approximate surface area is 151 Å². The molecule has 2 aromatic rings. The molecule has 2 unspecified atom stereocenters. The van der Waals surface area contributed by atoms with E-state index in [1.54, 1.807) is 17.1 Å². The zero-order valence-electron chi connectivity index (χ0n) is 14.5. The van der Waals surface area contributed by atoms with Crippen molar-refractivity contribution < 1.29 is 9.90 Å². The number of nitrogens with zero attached hydrogens (tertiary/aromatic N) is 2. The summed E-state index contributed by atoms with van der Waals surface area (Å²) in [5.74, 6) is -0.0702. The van der Waals surface area contributed by atoms with Crippen molar-refractivity contribution in [2.24, 2.45) is 5.92 Å². The number of hydrogen-bond acceptors (Lipinski definition) is 3. The Balaban J connectivity index is 2.05. The van der Waals surface area contributed by atoms with Crippen molar-refractivity contribution in [3.63, 3.8) is 0 Å². The lowest BCUT2D eigenvalue weighted by atomic mass is 10.0. The third kappa shape index (κ3) is 4.68. The van der Waals surface area contributed by atoms with E-state index in [0.717, 1.165) is 21.2 Å². The van der Waals surface area contributed by atoms with Crippen LogP contribution in [0.2, 0.25) is 0 Å². The fourth-order valence-corrected chi connectivity index (χ4v) is 3.12. The minimum Gasteiger partial charge on any atom is -0.387 e. The molecular formula is C18H24BrN3O2. The smallest absolute Gasteiger partial charge is 0.245 e. The number of aryl methyl sites for hydroxylation is 2. The largest absolute Gasteiger partial charge is 0.387 e. The van der Waals surface area contributed by atoms with Crippen LogP contribution in [0.15, 0.2) is 35.1 Å². The van der Waals surface area contributed by atoms with Crippen LogP contribution in [-0.2, 0) is 4.79 Å². The van der Waals surface area contributed by atoms with Gasteiger partial charge >= 0.3 is 0 Å². The molecular weight excluding hydrogens is 370 g/mol. The highest BCUT2D eigenvalue weighted by Crippen LogP contribution is 2.21. The van der Waals surface area contributed by atoms with Gasteiger partial charge in [-0.05, 0) is 41.3 Å². The Morgan fingerprint density at radius 2 is 1.92 bits per heavy atom. The van der Waals surface area contributed by atoms with Gasteiger partial charge in [0.1, 0.15) is 6.04 Å². The molecule has 5 nitrogen and oxygen atoms in total. The topological polar surface area (TPSA) is 67.2 Å². The summed E-state index contributed by atoms with van der Waals surface area (Å²) >= 11 is 3.35. The molecule has 0 saturated carbocycles. The first-order valence-electron chi connectivity index (χ1n) is 8.01. The summed E-state index contributed by atoms with van der Waals surface area (Å²) in [5.41, 5.74) is 3.00. The Hall–Kier alpha value is -1.66. The molecule has 0 radical (unpaired) electrons. The van der Waals surface area contributed by atoms with E-state index in [2.05, 4.69) is 32.4 Å². The van der Waals surface area contributed by atoms with Gasteiger partial charge in [0, 0.05) is 12.7 Å². The first-order chi connectivity index (χ1) is 11.3. The monoisotopic (exact) mass is 393 g/mol. The molecule has 1 heterocycles. The number of nitrogens with one attached hydrogen (secondary N) is 1. The fraction of sp³-hybridized carbons (Fsp3) is 0.444. The number of carbonyl (C=O) groups excluding carboxylic acids is 1. The molecule has 2 atom stereocenters. The number of halogens is 1. The van der Waals surface area contributed by atoms with E-state index in [0.29, 0.717) is 0 Å². The Morgan fingerprint density at radius 1 is 1.29 bits per heavy atom. The molecule has 0 aliphatic heterocycles. The molecule has 1 amide bonds. The maximum atomic E-state index is 12.6. The number of hydrogen-bond donors (Lipinski definition) is 2. The molecule has 130 valence electrons. The van der Waals surface area contributed by atoms with Crippen LogP contribution in [0.1, 0.15) is 42.7 Å². The molecule has 2 rings (SSSR count). The minimum absolute atomic E-state index is 0.0788. The van der Waals surface area contributed by atoms with Gasteiger partial charge in [-0.15, -0.1) is 0 Å². The van der Waals surface area contributed by atoms with E-state index in [-0.39, 0.29) is 18.4 Å². The van der Waals surface area contributed by atoms with Crippen molar-refractivity contribution in [2.45, 2.75) is 39.8 Å². The van der Waals surface area contributed by atoms with Crippen LogP contribution in [0.4, 0.5) is 0 Å².